The molecule has 1 aliphatic carbocycles. The predicted octanol–water partition coefficient (Wildman–Crippen LogP) is 3.77. The Morgan fingerprint density at radius 2 is 1.83 bits per heavy atom. The molecule has 0 saturated heterocycles. The van der Waals surface area contributed by atoms with Gasteiger partial charge in [0.2, 0.25) is 11.9 Å². The van der Waals surface area contributed by atoms with E-state index >= 15 is 0 Å². The number of H-pyrrole nitrogens is 1. The van der Waals surface area contributed by atoms with Crippen molar-refractivity contribution in [3.8, 4) is 0 Å². The molecule has 4 N–H and O–H groups in total. The molecule has 5 atom stereocenters. The standard InChI is InChI=1S/C21H36N5O7PSi.C6H15N/c1-11(2)18(28)24-20-23-17-14(19(29)25-20)22-10-26(17)13-8-12(9-27)15(32-34(30)31)16(13)33-35(6,7)21(3,4)5;1-4-7(5-2)6-3/h10-13,15-16,27,34H,8-9H2,1-7H3,(H,30,31)(H2,23,24,25,28,29);4-6H2,1-3H3/t12-,13-,15-,16+;/m1./s1. The average Bonchev–Trinajstić information content (AvgIpc) is 3.45. The Morgan fingerprint density at radius 3 is 2.29 bits per heavy atom. The Kier molecular flexibility index (Phi) is 13.1. The van der Waals surface area contributed by atoms with Gasteiger partial charge in [0.15, 0.2) is 19.5 Å². The number of aromatic nitrogens is 4. The monoisotopic (exact) mass is 630 g/mol. The van der Waals surface area contributed by atoms with Gasteiger partial charge < -0.3 is 28.4 Å². The molecular weight excluding hydrogens is 579 g/mol. The Hall–Kier alpha value is -1.93. The van der Waals surface area contributed by atoms with Crippen molar-refractivity contribution in [1.82, 2.24) is 24.4 Å². The van der Waals surface area contributed by atoms with Gasteiger partial charge in [0, 0.05) is 18.4 Å². The molecule has 0 aromatic carbocycles. The van der Waals surface area contributed by atoms with E-state index in [1.807, 2.05) is 0 Å². The molecule has 1 amide bonds. The normalized spacial score (nSPS) is 22.0. The molecule has 13 nitrogen and oxygen atoms in total. The van der Waals surface area contributed by atoms with Crippen LogP contribution in [0.5, 0.6) is 0 Å². The fourth-order valence-electron chi connectivity index (χ4n) is 4.62. The van der Waals surface area contributed by atoms with E-state index in [1.54, 1.807) is 18.4 Å². The predicted molar refractivity (Wildman–Crippen MR) is 167 cm³/mol. The number of nitrogens with one attached hydrogen (secondary N) is 2. The molecule has 15 heteroatoms. The van der Waals surface area contributed by atoms with E-state index in [0.717, 1.165) is 0 Å². The minimum absolute atomic E-state index is 0.00488. The molecule has 1 aliphatic rings. The zero-order chi connectivity index (χ0) is 32.0. The van der Waals surface area contributed by atoms with Crippen molar-refractivity contribution in [2.75, 3.05) is 31.6 Å². The lowest BCUT2D eigenvalue weighted by Gasteiger charge is -2.41. The summed E-state index contributed by atoms with van der Waals surface area (Å²) in [5.41, 5.74) is -0.200. The van der Waals surface area contributed by atoms with E-state index < -0.39 is 46.3 Å². The molecule has 1 saturated carbocycles. The average molecular weight is 631 g/mol. The second kappa shape index (κ2) is 15.2. The SMILES string of the molecule is CC(C)C(=O)Nc1nc2c(ncn2[C@@H]2C[C@H](CO)[C@@H](O[PH](=O)O)[C@H]2O[Si](C)(C)C(C)(C)C)c(=O)[nH]1.CCN(CC)CC. The highest BCUT2D eigenvalue weighted by Crippen LogP contribution is 2.47. The van der Waals surface area contributed by atoms with Crippen molar-refractivity contribution in [1.29, 1.82) is 0 Å². The van der Waals surface area contributed by atoms with Crippen molar-refractivity contribution in [3.63, 3.8) is 0 Å². The van der Waals surface area contributed by atoms with Gasteiger partial charge in [0.05, 0.1) is 24.6 Å². The third-order valence-electron chi connectivity index (χ3n) is 8.32. The Bertz CT molecular complexity index is 1250. The van der Waals surface area contributed by atoms with Gasteiger partial charge in [-0.25, -0.2) is 4.98 Å². The maximum absolute atomic E-state index is 12.7. The molecule has 0 radical (unpaired) electrons. The van der Waals surface area contributed by atoms with Gasteiger partial charge in [0.25, 0.3) is 5.56 Å². The van der Waals surface area contributed by atoms with Crippen molar-refractivity contribution in [3.05, 3.63) is 16.7 Å². The van der Waals surface area contributed by atoms with E-state index in [-0.39, 0.29) is 40.6 Å². The molecule has 42 heavy (non-hydrogen) atoms. The maximum atomic E-state index is 12.7. The van der Waals surface area contributed by atoms with E-state index in [1.165, 1.54) is 26.0 Å². The summed E-state index contributed by atoms with van der Waals surface area (Å²) in [5, 5.41) is 12.5. The number of amides is 1. The number of rotatable bonds is 11. The summed E-state index contributed by atoms with van der Waals surface area (Å²) < 4.78 is 25.5. The Balaban J connectivity index is 0.000000782. The Morgan fingerprint density at radius 1 is 1.24 bits per heavy atom. The van der Waals surface area contributed by atoms with Crippen molar-refractivity contribution in [2.24, 2.45) is 11.8 Å². The number of aliphatic hydroxyl groups excluding tert-OH is 1. The molecule has 2 aromatic rings. The van der Waals surface area contributed by atoms with Crippen LogP contribution in [0.15, 0.2) is 11.1 Å². The van der Waals surface area contributed by atoms with Crippen LogP contribution in [-0.2, 0) is 18.3 Å². The number of aliphatic hydroxyl groups is 1. The summed E-state index contributed by atoms with van der Waals surface area (Å²) in [7, 11) is -5.72. The summed E-state index contributed by atoms with van der Waals surface area (Å²) in [6.45, 7) is 23.6. The molecule has 0 spiro atoms. The van der Waals surface area contributed by atoms with Crippen molar-refractivity contribution >= 4 is 39.6 Å². The molecule has 0 aliphatic heterocycles. The fraction of sp³-hybridized carbons (Fsp3) is 0.778. The number of carbonyl (C=O) groups is 1. The third kappa shape index (κ3) is 8.81. The van der Waals surface area contributed by atoms with Crippen LogP contribution in [0.3, 0.4) is 0 Å². The largest absolute Gasteiger partial charge is 0.409 e. The van der Waals surface area contributed by atoms with Crippen molar-refractivity contribution < 1.29 is 28.3 Å². The summed E-state index contributed by atoms with van der Waals surface area (Å²) in [6.07, 6.45) is 0.284. The lowest BCUT2D eigenvalue weighted by atomic mass is 10.1. The number of hydrogen-bond acceptors (Lipinski definition) is 9. The first kappa shape index (κ1) is 36.3. The number of aromatic amines is 1. The van der Waals surface area contributed by atoms with Crippen LogP contribution in [0.1, 0.15) is 67.9 Å². The van der Waals surface area contributed by atoms with Crippen LogP contribution >= 0.6 is 8.25 Å². The van der Waals surface area contributed by atoms with Gasteiger partial charge in [-0.05, 0) is 44.2 Å². The summed E-state index contributed by atoms with van der Waals surface area (Å²) in [5.74, 6) is -1.10. The fourth-order valence-corrected chi connectivity index (χ4v) is 6.50. The third-order valence-corrected chi connectivity index (χ3v) is 13.3. The first-order valence-electron chi connectivity index (χ1n) is 14.7. The van der Waals surface area contributed by atoms with Crippen LogP contribution in [-0.4, -0.2) is 87.1 Å². The second-order valence-corrected chi connectivity index (χ2v) is 18.0. The van der Waals surface area contributed by atoms with Gasteiger partial charge in [-0.3, -0.25) is 24.5 Å². The zero-order valence-electron chi connectivity index (χ0n) is 26.7. The lowest BCUT2D eigenvalue weighted by Crippen LogP contribution is -2.48. The van der Waals surface area contributed by atoms with Crippen molar-refractivity contribution in [2.45, 2.75) is 98.2 Å². The zero-order valence-corrected chi connectivity index (χ0v) is 28.7. The molecule has 2 aromatic heterocycles. The summed E-state index contributed by atoms with van der Waals surface area (Å²) in [6, 6.07) is -0.486. The van der Waals surface area contributed by atoms with Gasteiger partial charge in [0.1, 0.15) is 0 Å². The van der Waals surface area contributed by atoms with Gasteiger partial charge in [-0.15, -0.1) is 0 Å². The van der Waals surface area contributed by atoms with E-state index in [0.29, 0.717) is 6.42 Å². The first-order valence-corrected chi connectivity index (χ1v) is 18.9. The van der Waals surface area contributed by atoms with E-state index in [9.17, 15) is 24.2 Å². The van der Waals surface area contributed by atoms with Crippen LogP contribution in [0.4, 0.5) is 5.95 Å². The topological polar surface area (TPSA) is 172 Å². The van der Waals surface area contributed by atoms with Gasteiger partial charge in [-0.2, -0.15) is 4.98 Å². The maximum Gasteiger partial charge on any atom is 0.316 e. The molecule has 3 rings (SSSR count). The minimum Gasteiger partial charge on any atom is -0.409 e. The van der Waals surface area contributed by atoms with E-state index in [2.05, 4.69) is 79.8 Å². The molecule has 2 heterocycles. The molecular formula is C27H51N6O7PSi. The second-order valence-electron chi connectivity index (χ2n) is 12.4. The molecule has 0 bridgehead atoms. The van der Waals surface area contributed by atoms with E-state index in [4.69, 9.17) is 8.95 Å². The number of fused-ring (bicyclic) bond motifs is 1. The summed E-state index contributed by atoms with van der Waals surface area (Å²) >= 11 is 0. The molecule has 240 valence electrons. The number of anilines is 1. The summed E-state index contributed by atoms with van der Waals surface area (Å²) in [4.78, 5) is 48.0. The number of nitrogens with zero attached hydrogens (tertiary/aromatic N) is 4. The van der Waals surface area contributed by atoms with Crippen LogP contribution < -0.4 is 10.9 Å². The number of hydrogen-bond donors (Lipinski definition) is 4. The van der Waals surface area contributed by atoms with Crippen LogP contribution in [0, 0.1) is 11.8 Å². The number of carbonyl (C=O) groups excluding carboxylic acids is 1. The Labute approximate surface area is 250 Å². The van der Waals surface area contributed by atoms with Gasteiger partial charge in [-0.1, -0.05) is 55.4 Å². The smallest absolute Gasteiger partial charge is 0.316 e. The highest BCUT2D eigenvalue weighted by molar-refractivity contribution is 7.32. The molecule has 1 fully saturated rings. The van der Waals surface area contributed by atoms with Crippen LogP contribution in [0.25, 0.3) is 11.2 Å². The first-order chi connectivity index (χ1) is 19.5. The highest BCUT2D eigenvalue weighted by atomic mass is 31.1. The highest BCUT2D eigenvalue weighted by Gasteiger charge is 2.51. The molecule has 1 unspecified atom stereocenters. The minimum atomic E-state index is -3.32. The lowest BCUT2D eigenvalue weighted by molar-refractivity contribution is -0.118. The quantitative estimate of drug-likeness (QED) is 0.212. The van der Waals surface area contributed by atoms with Crippen LogP contribution in [0.2, 0.25) is 18.1 Å². The number of imidazole rings is 1. The van der Waals surface area contributed by atoms with Gasteiger partial charge >= 0.3 is 8.25 Å².